The first-order valence-corrected chi connectivity index (χ1v) is 6.76. The number of methoxy groups -OCH3 is 1. The molecule has 1 saturated heterocycles. The van der Waals surface area contributed by atoms with E-state index in [4.69, 9.17) is 4.74 Å². The molecule has 1 atom stereocenters. The normalized spacial score (nSPS) is 20.2. The Morgan fingerprint density at radius 2 is 2.26 bits per heavy atom. The molecule has 0 radical (unpaired) electrons. The van der Waals surface area contributed by atoms with Gasteiger partial charge in [0.15, 0.2) is 0 Å². The molecule has 1 fully saturated rings. The van der Waals surface area contributed by atoms with Gasteiger partial charge in [-0.3, -0.25) is 4.90 Å². The van der Waals surface area contributed by atoms with E-state index in [2.05, 4.69) is 11.8 Å². The average Bonchev–Trinajstić information content (AvgIpc) is 2.41. The smallest absolute Gasteiger partial charge is 0.339 e. The molecule has 2 rings (SSSR count). The van der Waals surface area contributed by atoms with Gasteiger partial charge in [-0.05, 0) is 44.0 Å². The lowest BCUT2D eigenvalue weighted by atomic mass is 10.0. The van der Waals surface area contributed by atoms with E-state index in [-0.39, 0.29) is 5.56 Å². The number of benzene rings is 1. The van der Waals surface area contributed by atoms with Crippen molar-refractivity contribution in [1.29, 1.82) is 0 Å². The molecule has 1 aliphatic rings. The number of hydrogen-bond acceptors (Lipinski definition) is 3. The van der Waals surface area contributed by atoms with Crippen molar-refractivity contribution >= 4 is 5.97 Å². The SMILES string of the molecule is COc1ccc(CN2CCCCC2C)cc1C(=O)O. The summed E-state index contributed by atoms with van der Waals surface area (Å²) in [5.41, 5.74) is 1.27. The van der Waals surface area contributed by atoms with E-state index in [0.717, 1.165) is 18.7 Å². The number of carboxylic acids is 1. The average molecular weight is 263 g/mol. The minimum Gasteiger partial charge on any atom is -0.496 e. The Hall–Kier alpha value is -1.55. The highest BCUT2D eigenvalue weighted by atomic mass is 16.5. The predicted molar refractivity (Wildman–Crippen MR) is 73.7 cm³/mol. The Bertz CT molecular complexity index is 459. The summed E-state index contributed by atoms with van der Waals surface area (Å²) in [5, 5.41) is 9.19. The summed E-state index contributed by atoms with van der Waals surface area (Å²) in [6, 6.07) is 5.99. The standard InChI is InChI=1S/C15H21NO3/c1-11-5-3-4-8-16(11)10-12-6-7-14(19-2)13(9-12)15(17)18/h6-7,9,11H,3-5,8,10H2,1-2H3,(H,17,18). The van der Waals surface area contributed by atoms with Crippen LogP contribution in [0.15, 0.2) is 18.2 Å². The van der Waals surface area contributed by atoms with E-state index in [9.17, 15) is 9.90 Å². The Kier molecular flexibility index (Phi) is 4.43. The molecular formula is C15H21NO3. The first-order chi connectivity index (χ1) is 9.11. The fourth-order valence-corrected chi connectivity index (χ4v) is 2.65. The van der Waals surface area contributed by atoms with Gasteiger partial charge < -0.3 is 9.84 Å². The lowest BCUT2D eigenvalue weighted by Gasteiger charge is -2.33. The van der Waals surface area contributed by atoms with Crippen molar-refractivity contribution in [2.24, 2.45) is 0 Å². The number of piperidine rings is 1. The van der Waals surface area contributed by atoms with Crippen LogP contribution in [0.4, 0.5) is 0 Å². The topological polar surface area (TPSA) is 49.8 Å². The monoisotopic (exact) mass is 263 g/mol. The van der Waals surface area contributed by atoms with Crippen molar-refractivity contribution < 1.29 is 14.6 Å². The molecule has 1 N–H and O–H groups in total. The van der Waals surface area contributed by atoms with Crippen molar-refractivity contribution in [3.63, 3.8) is 0 Å². The van der Waals surface area contributed by atoms with Crippen LogP contribution in [0.25, 0.3) is 0 Å². The largest absolute Gasteiger partial charge is 0.496 e. The maximum absolute atomic E-state index is 11.2. The molecule has 0 aliphatic carbocycles. The second-order valence-electron chi connectivity index (χ2n) is 5.16. The molecule has 1 aromatic rings. The molecule has 0 bridgehead atoms. The molecule has 1 aliphatic heterocycles. The lowest BCUT2D eigenvalue weighted by molar-refractivity contribution is 0.0693. The molecule has 4 heteroatoms. The fourth-order valence-electron chi connectivity index (χ4n) is 2.65. The zero-order valence-corrected chi connectivity index (χ0v) is 11.6. The number of likely N-dealkylation sites (tertiary alicyclic amines) is 1. The van der Waals surface area contributed by atoms with Crippen LogP contribution in [-0.4, -0.2) is 35.7 Å². The molecule has 1 heterocycles. The summed E-state index contributed by atoms with van der Waals surface area (Å²) in [6.07, 6.45) is 3.74. The minimum atomic E-state index is -0.939. The molecular weight excluding hydrogens is 242 g/mol. The van der Waals surface area contributed by atoms with Crippen LogP contribution in [0.3, 0.4) is 0 Å². The van der Waals surface area contributed by atoms with E-state index in [1.165, 1.54) is 26.4 Å². The quantitative estimate of drug-likeness (QED) is 0.907. The summed E-state index contributed by atoms with van der Waals surface area (Å²) in [5.74, 6) is -0.520. The van der Waals surface area contributed by atoms with E-state index in [0.29, 0.717) is 11.8 Å². The highest BCUT2D eigenvalue weighted by Gasteiger charge is 2.19. The molecule has 104 valence electrons. The second-order valence-corrected chi connectivity index (χ2v) is 5.16. The minimum absolute atomic E-state index is 0.240. The van der Waals surface area contributed by atoms with E-state index >= 15 is 0 Å². The Balaban J connectivity index is 2.16. The van der Waals surface area contributed by atoms with Crippen LogP contribution in [0, 0.1) is 0 Å². The maximum atomic E-state index is 11.2. The van der Waals surface area contributed by atoms with Gasteiger partial charge in [-0.15, -0.1) is 0 Å². The number of carbonyl (C=O) groups is 1. The van der Waals surface area contributed by atoms with Crippen molar-refractivity contribution in [3.8, 4) is 5.75 Å². The van der Waals surface area contributed by atoms with Gasteiger partial charge in [0, 0.05) is 12.6 Å². The number of ether oxygens (including phenoxy) is 1. The molecule has 4 nitrogen and oxygen atoms in total. The zero-order valence-electron chi connectivity index (χ0n) is 11.6. The molecule has 19 heavy (non-hydrogen) atoms. The van der Waals surface area contributed by atoms with E-state index in [1.54, 1.807) is 12.1 Å². The third kappa shape index (κ3) is 3.26. The molecule has 0 spiro atoms. The van der Waals surface area contributed by atoms with Gasteiger partial charge in [0.1, 0.15) is 11.3 Å². The number of rotatable bonds is 4. The predicted octanol–water partition coefficient (Wildman–Crippen LogP) is 2.77. The van der Waals surface area contributed by atoms with Crippen LogP contribution in [0.1, 0.15) is 42.1 Å². The number of nitrogens with zero attached hydrogens (tertiary/aromatic N) is 1. The van der Waals surface area contributed by atoms with Gasteiger partial charge in [-0.2, -0.15) is 0 Å². The Morgan fingerprint density at radius 3 is 2.89 bits per heavy atom. The van der Waals surface area contributed by atoms with Crippen LogP contribution in [-0.2, 0) is 6.54 Å². The van der Waals surface area contributed by atoms with Gasteiger partial charge in [0.2, 0.25) is 0 Å². The van der Waals surface area contributed by atoms with E-state index in [1.807, 2.05) is 6.07 Å². The van der Waals surface area contributed by atoms with Gasteiger partial charge >= 0.3 is 5.97 Å². The van der Waals surface area contributed by atoms with E-state index < -0.39 is 5.97 Å². The van der Waals surface area contributed by atoms with Crippen LogP contribution >= 0.6 is 0 Å². The van der Waals surface area contributed by atoms with Crippen LogP contribution < -0.4 is 4.74 Å². The number of aromatic carboxylic acids is 1. The zero-order chi connectivity index (χ0) is 13.8. The van der Waals surface area contributed by atoms with Gasteiger partial charge in [-0.25, -0.2) is 4.79 Å². The Morgan fingerprint density at radius 1 is 1.47 bits per heavy atom. The molecule has 1 aromatic carbocycles. The van der Waals surface area contributed by atoms with Crippen LogP contribution in [0.2, 0.25) is 0 Å². The highest BCUT2D eigenvalue weighted by Crippen LogP contribution is 2.23. The first-order valence-electron chi connectivity index (χ1n) is 6.76. The van der Waals surface area contributed by atoms with Crippen molar-refractivity contribution in [3.05, 3.63) is 29.3 Å². The molecule has 0 aromatic heterocycles. The van der Waals surface area contributed by atoms with Crippen molar-refractivity contribution in [1.82, 2.24) is 4.90 Å². The number of hydrogen-bond donors (Lipinski definition) is 1. The summed E-state index contributed by atoms with van der Waals surface area (Å²) >= 11 is 0. The summed E-state index contributed by atoms with van der Waals surface area (Å²) in [4.78, 5) is 13.6. The van der Waals surface area contributed by atoms with Crippen LogP contribution in [0.5, 0.6) is 5.75 Å². The van der Waals surface area contributed by atoms with Crippen molar-refractivity contribution in [2.75, 3.05) is 13.7 Å². The first kappa shape index (κ1) is 13.9. The van der Waals surface area contributed by atoms with Gasteiger partial charge in [0.05, 0.1) is 7.11 Å². The fraction of sp³-hybridized carbons (Fsp3) is 0.533. The maximum Gasteiger partial charge on any atom is 0.339 e. The highest BCUT2D eigenvalue weighted by molar-refractivity contribution is 5.91. The third-order valence-electron chi connectivity index (χ3n) is 3.82. The van der Waals surface area contributed by atoms with Gasteiger partial charge in [0.25, 0.3) is 0 Å². The molecule has 1 unspecified atom stereocenters. The molecule has 0 saturated carbocycles. The lowest BCUT2D eigenvalue weighted by Crippen LogP contribution is -2.36. The summed E-state index contributed by atoms with van der Waals surface area (Å²) < 4.78 is 5.08. The third-order valence-corrected chi connectivity index (χ3v) is 3.82. The number of carboxylic acid groups (broad SMARTS) is 1. The molecule has 0 amide bonds. The Labute approximate surface area is 114 Å². The summed E-state index contributed by atoms with van der Waals surface area (Å²) in [6.45, 7) is 4.14. The summed E-state index contributed by atoms with van der Waals surface area (Å²) in [7, 11) is 1.49. The van der Waals surface area contributed by atoms with Gasteiger partial charge in [-0.1, -0.05) is 12.5 Å². The van der Waals surface area contributed by atoms with Crippen molar-refractivity contribution in [2.45, 2.75) is 38.8 Å². The second kappa shape index (κ2) is 6.06.